The van der Waals surface area contributed by atoms with Gasteiger partial charge in [-0.05, 0) is 31.2 Å². The number of nitrogens with zero attached hydrogens (tertiary/aromatic N) is 3. The number of pyridine rings is 1. The number of hydrogen-bond donors (Lipinski definition) is 1. The highest BCUT2D eigenvalue weighted by molar-refractivity contribution is 7.94. The Morgan fingerprint density at radius 3 is 2.96 bits per heavy atom. The normalized spacial score (nSPS) is 11.1. The number of aryl methyl sites for hydroxylation is 1. The van der Waals surface area contributed by atoms with E-state index in [0.717, 1.165) is 17.4 Å². The van der Waals surface area contributed by atoms with Crippen LogP contribution in [-0.4, -0.2) is 21.1 Å². The van der Waals surface area contributed by atoms with E-state index < -0.39 is 0 Å². The summed E-state index contributed by atoms with van der Waals surface area (Å²) in [4.78, 5) is 16.6. The number of halogens is 2. The molecule has 0 bridgehead atoms. The molecule has 4 rings (SSSR count). The minimum atomic E-state index is 0.133. The number of rotatable bonds is 5. The van der Waals surface area contributed by atoms with Crippen molar-refractivity contribution < 1.29 is 8.68 Å². The summed E-state index contributed by atoms with van der Waals surface area (Å²) in [7, 11) is 0. The first-order valence-corrected chi connectivity index (χ1v) is 9.81. The fraction of sp³-hybridized carbons (Fsp3) is 0.0556. The van der Waals surface area contributed by atoms with Crippen LogP contribution in [-0.2, 0) is 0 Å². The Hall–Kier alpha value is -2.42. The number of carbonyl (C=O) groups excluding carboxylic acids is 1. The van der Waals surface area contributed by atoms with Gasteiger partial charge in [0.05, 0.1) is 55.9 Å². The summed E-state index contributed by atoms with van der Waals surface area (Å²) in [6.45, 7) is 1.85. The molecule has 136 valence electrons. The second kappa shape index (κ2) is 7.30. The molecule has 0 saturated carbocycles. The molecule has 3 heterocycles. The predicted octanol–water partition coefficient (Wildman–Crippen LogP) is 5.98. The summed E-state index contributed by atoms with van der Waals surface area (Å²) in [5, 5.41) is 10.6. The maximum Gasteiger partial charge on any atom is 0.163 e. The van der Waals surface area contributed by atoms with Gasteiger partial charge in [-0.25, -0.2) is 9.67 Å². The van der Waals surface area contributed by atoms with Gasteiger partial charge < -0.3 is 5.32 Å². The molecule has 3 aromatic heterocycles. The molecule has 0 spiro atoms. The minimum Gasteiger partial charge on any atom is -0.352 e. The highest BCUT2D eigenvalue weighted by atomic mass is 35.5. The number of benzene rings is 1. The second-order valence-corrected chi connectivity index (χ2v) is 7.67. The Morgan fingerprint density at radius 2 is 2.22 bits per heavy atom. The number of anilines is 2. The van der Waals surface area contributed by atoms with E-state index in [1.807, 2.05) is 18.4 Å². The highest BCUT2D eigenvalue weighted by Gasteiger charge is 2.14. The fourth-order valence-corrected chi connectivity index (χ4v) is 4.02. The third kappa shape index (κ3) is 3.31. The summed E-state index contributed by atoms with van der Waals surface area (Å²) in [5.41, 5.74) is 3.38. The van der Waals surface area contributed by atoms with E-state index >= 15 is 0 Å². The molecular weight excluding hydrogens is 407 g/mol. The summed E-state index contributed by atoms with van der Waals surface area (Å²) < 4.78 is 14.9. The molecule has 1 N–H and O–H groups in total. The van der Waals surface area contributed by atoms with Crippen molar-refractivity contribution in [3.63, 3.8) is 0 Å². The van der Waals surface area contributed by atoms with Crippen LogP contribution in [0.15, 0.2) is 46.8 Å². The third-order valence-corrected chi connectivity index (χ3v) is 5.69. The Balaban J connectivity index is 1.77. The van der Waals surface area contributed by atoms with Gasteiger partial charge in [-0.3, -0.25) is 4.79 Å². The standard InChI is InChI=1S/C18H12ClFN4OS2/c1-10-15(23-17-14(19)3-2-4-16(17)27-20)5-11-7-21-24(18(11)22-10)12-6-13(8-25)26-9-12/h2-9,23H,1H3. The third-order valence-electron chi connectivity index (χ3n) is 4.02. The number of aromatic nitrogens is 3. The van der Waals surface area contributed by atoms with Crippen LogP contribution in [0.25, 0.3) is 16.7 Å². The zero-order valence-electron chi connectivity index (χ0n) is 13.9. The van der Waals surface area contributed by atoms with Gasteiger partial charge in [0.2, 0.25) is 0 Å². The molecule has 0 amide bonds. The van der Waals surface area contributed by atoms with Crippen LogP contribution in [0.1, 0.15) is 15.4 Å². The van der Waals surface area contributed by atoms with Crippen LogP contribution in [0.4, 0.5) is 15.3 Å². The van der Waals surface area contributed by atoms with Gasteiger partial charge in [0.1, 0.15) is 0 Å². The van der Waals surface area contributed by atoms with Crippen LogP contribution in [0.3, 0.4) is 0 Å². The van der Waals surface area contributed by atoms with Gasteiger partial charge in [0.15, 0.2) is 11.9 Å². The van der Waals surface area contributed by atoms with E-state index in [9.17, 15) is 8.68 Å². The van der Waals surface area contributed by atoms with Crippen molar-refractivity contribution in [2.75, 3.05) is 5.32 Å². The lowest BCUT2D eigenvalue weighted by Crippen LogP contribution is -2.00. The SMILES string of the molecule is Cc1nc2c(cnn2-c2csc(C=O)c2)cc1Nc1c(Cl)cccc1SF. The number of aldehydes is 1. The van der Waals surface area contributed by atoms with E-state index in [-0.39, 0.29) is 12.1 Å². The van der Waals surface area contributed by atoms with Crippen LogP contribution in [0.2, 0.25) is 5.02 Å². The smallest absolute Gasteiger partial charge is 0.163 e. The lowest BCUT2D eigenvalue weighted by atomic mass is 10.2. The first-order chi connectivity index (χ1) is 13.1. The zero-order chi connectivity index (χ0) is 19.0. The van der Waals surface area contributed by atoms with Gasteiger partial charge in [0.25, 0.3) is 0 Å². The Bertz CT molecular complexity index is 1160. The molecule has 0 atom stereocenters. The minimum absolute atomic E-state index is 0.133. The van der Waals surface area contributed by atoms with Crippen molar-refractivity contribution in [3.05, 3.63) is 57.5 Å². The molecule has 0 aliphatic heterocycles. The van der Waals surface area contributed by atoms with Crippen molar-refractivity contribution in [2.24, 2.45) is 0 Å². The molecule has 27 heavy (non-hydrogen) atoms. The molecule has 0 fully saturated rings. The van der Waals surface area contributed by atoms with Gasteiger partial charge in [-0.2, -0.15) is 8.98 Å². The lowest BCUT2D eigenvalue weighted by molar-refractivity contribution is 0.112. The maximum atomic E-state index is 13.2. The van der Waals surface area contributed by atoms with Crippen LogP contribution < -0.4 is 5.32 Å². The summed E-state index contributed by atoms with van der Waals surface area (Å²) in [6.07, 6.45) is 2.51. The number of nitrogens with one attached hydrogen (secondary N) is 1. The number of hydrogen-bond acceptors (Lipinski definition) is 6. The quantitative estimate of drug-likeness (QED) is 0.404. The second-order valence-electron chi connectivity index (χ2n) is 5.73. The molecule has 0 saturated heterocycles. The molecule has 5 nitrogen and oxygen atoms in total. The van der Waals surface area contributed by atoms with Crippen molar-refractivity contribution in [1.82, 2.24) is 14.8 Å². The number of fused-ring (bicyclic) bond motifs is 1. The first-order valence-electron chi connectivity index (χ1n) is 7.84. The molecule has 0 aliphatic rings. The highest BCUT2D eigenvalue weighted by Crippen LogP contribution is 2.37. The molecule has 0 radical (unpaired) electrons. The van der Waals surface area contributed by atoms with Crippen LogP contribution in [0.5, 0.6) is 0 Å². The van der Waals surface area contributed by atoms with E-state index in [0.29, 0.717) is 37.5 Å². The molecule has 4 aromatic rings. The largest absolute Gasteiger partial charge is 0.352 e. The monoisotopic (exact) mass is 418 g/mol. The van der Waals surface area contributed by atoms with E-state index in [1.54, 1.807) is 35.1 Å². The maximum absolute atomic E-state index is 13.2. The van der Waals surface area contributed by atoms with E-state index in [2.05, 4.69) is 15.4 Å². The molecule has 0 unspecified atom stereocenters. The number of para-hydroxylation sites is 1. The first kappa shape index (κ1) is 18.0. The summed E-state index contributed by atoms with van der Waals surface area (Å²) in [6, 6.07) is 8.71. The predicted molar refractivity (Wildman–Crippen MR) is 109 cm³/mol. The van der Waals surface area contributed by atoms with Crippen LogP contribution >= 0.6 is 35.1 Å². The van der Waals surface area contributed by atoms with Crippen molar-refractivity contribution >= 4 is 63.8 Å². The van der Waals surface area contributed by atoms with E-state index in [1.165, 1.54) is 11.3 Å². The summed E-state index contributed by atoms with van der Waals surface area (Å²) >= 11 is 7.70. The van der Waals surface area contributed by atoms with E-state index in [4.69, 9.17) is 11.6 Å². The molecular formula is C18H12ClFN4OS2. The van der Waals surface area contributed by atoms with Crippen LogP contribution in [0, 0.1) is 6.92 Å². The molecule has 1 aromatic carbocycles. The summed E-state index contributed by atoms with van der Waals surface area (Å²) in [5.74, 6) is 0. The molecule has 0 aliphatic carbocycles. The van der Waals surface area contributed by atoms with Gasteiger partial charge in [-0.15, -0.1) is 11.3 Å². The number of carbonyl (C=O) groups is 1. The Morgan fingerprint density at radius 1 is 1.37 bits per heavy atom. The topological polar surface area (TPSA) is 59.8 Å². The number of thiophene rings is 1. The van der Waals surface area contributed by atoms with Gasteiger partial charge in [0, 0.05) is 10.8 Å². The van der Waals surface area contributed by atoms with Gasteiger partial charge in [-0.1, -0.05) is 17.7 Å². The fourth-order valence-electron chi connectivity index (χ4n) is 2.70. The zero-order valence-corrected chi connectivity index (χ0v) is 16.3. The lowest BCUT2D eigenvalue weighted by Gasteiger charge is -2.13. The average molecular weight is 419 g/mol. The molecule has 9 heteroatoms. The van der Waals surface area contributed by atoms with Gasteiger partial charge >= 0.3 is 0 Å². The van der Waals surface area contributed by atoms with Crippen molar-refractivity contribution in [2.45, 2.75) is 11.8 Å². The Labute approximate surface area is 167 Å². The Kier molecular flexibility index (Phi) is 4.86. The van der Waals surface area contributed by atoms with Crippen molar-refractivity contribution in [3.8, 4) is 5.69 Å². The van der Waals surface area contributed by atoms with Crippen molar-refractivity contribution in [1.29, 1.82) is 0 Å². The average Bonchev–Trinajstić information content (AvgIpc) is 3.29.